The monoisotopic (exact) mass is 289 g/mol. The van der Waals surface area contributed by atoms with Crippen molar-refractivity contribution in [2.24, 2.45) is 5.41 Å². The van der Waals surface area contributed by atoms with Gasteiger partial charge in [0.25, 0.3) is 0 Å². The normalized spacial score (nSPS) is 22.1. The first-order chi connectivity index (χ1) is 9.63. The fourth-order valence-corrected chi connectivity index (χ4v) is 2.76. The smallest absolute Gasteiger partial charge is 0.248 e. The second-order valence-corrected chi connectivity index (χ2v) is 7.18. The highest BCUT2D eigenvalue weighted by Gasteiger charge is 2.49. The minimum atomic E-state index is -0.874. The van der Waals surface area contributed by atoms with Gasteiger partial charge in [-0.25, -0.2) is 0 Å². The predicted molar refractivity (Wildman–Crippen MR) is 80.3 cm³/mol. The summed E-state index contributed by atoms with van der Waals surface area (Å²) in [5, 5.41) is 2.83. The number of carbonyl (C=O) groups is 2. The van der Waals surface area contributed by atoms with Crippen LogP contribution < -0.4 is 5.32 Å². The van der Waals surface area contributed by atoms with Gasteiger partial charge in [0.15, 0.2) is 0 Å². The van der Waals surface area contributed by atoms with Gasteiger partial charge in [0.1, 0.15) is 11.6 Å². The van der Waals surface area contributed by atoms with Gasteiger partial charge in [-0.15, -0.1) is 0 Å². The zero-order valence-corrected chi connectivity index (χ0v) is 13.3. The standard InChI is InChI=1S/C16H23N3O2/c1-15(2,3)12-13(20)18-16(4,5)14(21)19(12)10-11-7-6-8-17-9-11/h6-9,12H,10H2,1-5H3,(H,18,20). The average molecular weight is 289 g/mol. The summed E-state index contributed by atoms with van der Waals surface area (Å²) >= 11 is 0. The molecule has 0 radical (unpaired) electrons. The summed E-state index contributed by atoms with van der Waals surface area (Å²) < 4.78 is 0. The Balaban J connectivity index is 2.39. The van der Waals surface area contributed by atoms with Crippen LogP contribution in [-0.2, 0) is 16.1 Å². The number of hydrogen-bond acceptors (Lipinski definition) is 3. The molecule has 5 nitrogen and oxygen atoms in total. The van der Waals surface area contributed by atoms with Crippen LogP contribution in [0.1, 0.15) is 40.2 Å². The minimum absolute atomic E-state index is 0.0640. The van der Waals surface area contributed by atoms with E-state index in [0.717, 1.165) is 5.56 Å². The number of rotatable bonds is 2. The molecule has 1 aliphatic heterocycles. The quantitative estimate of drug-likeness (QED) is 0.902. The lowest BCUT2D eigenvalue weighted by molar-refractivity contribution is -0.158. The summed E-state index contributed by atoms with van der Waals surface area (Å²) in [6.45, 7) is 9.79. The maximum Gasteiger partial charge on any atom is 0.248 e. The predicted octanol–water partition coefficient (Wildman–Crippen LogP) is 1.73. The Morgan fingerprint density at radius 1 is 1.33 bits per heavy atom. The Bertz CT molecular complexity index is 546. The van der Waals surface area contributed by atoms with Crippen LogP contribution in [0.15, 0.2) is 24.5 Å². The molecule has 1 unspecified atom stereocenters. The van der Waals surface area contributed by atoms with Crippen molar-refractivity contribution in [3.05, 3.63) is 30.1 Å². The van der Waals surface area contributed by atoms with E-state index in [1.54, 1.807) is 31.1 Å². The van der Waals surface area contributed by atoms with Crippen molar-refractivity contribution in [1.82, 2.24) is 15.2 Å². The number of hydrogen-bond donors (Lipinski definition) is 1. The van der Waals surface area contributed by atoms with Gasteiger partial charge in [0, 0.05) is 18.9 Å². The van der Waals surface area contributed by atoms with E-state index in [9.17, 15) is 9.59 Å². The summed E-state index contributed by atoms with van der Waals surface area (Å²) in [5.41, 5.74) is -0.287. The van der Waals surface area contributed by atoms with Gasteiger partial charge in [0.2, 0.25) is 11.8 Å². The highest BCUT2D eigenvalue weighted by Crippen LogP contribution is 2.31. The number of nitrogens with one attached hydrogen (secondary N) is 1. The van der Waals surface area contributed by atoms with Crippen LogP contribution in [-0.4, -0.2) is 33.3 Å². The molecule has 1 fully saturated rings. The highest BCUT2D eigenvalue weighted by molar-refractivity contribution is 5.99. The van der Waals surface area contributed by atoms with E-state index in [4.69, 9.17) is 0 Å². The Hall–Kier alpha value is -1.91. The number of pyridine rings is 1. The molecular formula is C16H23N3O2. The van der Waals surface area contributed by atoms with Crippen LogP contribution in [0.4, 0.5) is 0 Å². The van der Waals surface area contributed by atoms with E-state index in [1.165, 1.54) is 0 Å². The number of carbonyl (C=O) groups excluding carboxylic acids is 2. The number of piperazine rings is 1. The van der Waals surface area contributed by atoms with Gasteiger partial charge in [0.05, 0.1) is 0 Å². The van der Waals surface area contributed by atoms with Crippen molar-refractivity contribution in [2.45, 2.75) is 52.7 Å². The van der Waals surface area contributed by atoms with Crippen molar-refractivity contribution in [3.63, 3.8) is 0 Å². The molecule has 21 heavy (non-hydrogen) atoms. The zero-order valence-electron chi connectivity index (χ0n) is 13.3. The molecule has 0 saturated carbocycles. The third-order valence-corrected chi connectivity index (χ3v) is 3.69. The van der Waals surface area contributed by atoms with Gasteiger partial charge in [-0.1, -0.05) is 26.8 Å². The summed E-state index contributed by atoms with van der Waals surface area (Å²) in [4.78, 5) is 31.0. The summed E-state index contributed by atoms with van der Waals surface area (Å²) in [6, 6.07) is 3.26. The van der Waals surface area contributed by atoms with Crippen LogP contribution in [0.2, 0.25) is 0 Å². The molecule has 2 heterocycles. The van der Waals surface area contributed by atoms with Gasteiger partial charge >= 0.3 is 0 Å². The first-order valence-corrected chi connectivity index (χ1v) is 7.15. The lowest BCUT2D eigenvalue weighted by Crippen LogP contribution is -2.70. The SMILES string of the molecule is CC1(C)NC(=O)C(C(C)(C)C)N(Cc2cccnc2)C1=O. The second kappa shape index (κ2) is 5.13. The van der Waals surface area contributed by atoms with Crippen molar-refractivity contribution in [1.29, 1.82) is 0 Å². The van der Waals surface area contributed by atoms with E-state index < -0.39 is 11.6 Å². The van der Waals surface area contributed by atoms with Crippen LogP contribution >= 0.6 is 0 Å². The Labute approximate surface area is 125 Å². The van der Waals surface area contributed by atoms with Crippen molar-refractivity contribution < 1.29 is 9.59 Å². The van der Waals surface area contributed by atoms with Crippen molar-refractivity contribution >= 4 is 11.8 Å². The Morgan fingerprint density at radius 3 is 2.52 bits per heavy atom. The van der Waals surface area contributed by atoms with Crippen LogP contribution in [0.3, 0.4) is 0 Å². The van der Waals surface area contributed by atoms with E-state index in [0.29, 0.717) is 6.54 Å². The maximum absolute atomic E-state index is 12.7. The minimum Gasteiger partial charge on any atom is -0.340 e. The lowest BCUT2D eigenvalue weighted by atomic mass is 9.81. The maximum atomic E-state index is 12.7. The summed E-state index contributed by atoms with van der Waals surface area (Å²) in [6.07, 6.45) is 3.42. The largest absolute Gasteiger partial charge is 0.340 e. The molecule has 1 atom stereocenters. The average Bonchev–Trinajstić information content (AvgIpc) is 2.34. The molecule has 1 aliphatic rings. The fraction of sp³-hybridized carbons (Fsp3) is 0.562. The van der Waals surface area contributed by atoms with Crippen LogP contribution in [0.25, 0.3) is 0 Å². The molecule has 114 valence electrons. The van der Waals surface area contributed by atoms with E-state index in [-0.39, 0.29) is 17.2 Å². The fourth-order valence-electron chi connectivity index (χ4n) is 2.76. The lowest BCUT2D eigenvalue weighted by Gasteiger charge is -2.47. The third kappa shape index (κ3) is 3.06. The molecule has 0 spiro atoms. The molecule has 1 aromatic heterocycles. The highest BCUT2D eigenvalue weighted by atomic mass is 16.2. The molecule has 0 aromatic carbocycles. The molecule has 1 saturated heterocycles. The van der Waals surface area contributed by atoms with Crippen LogP contribution in [0, 0.1) is 5.41 Å². The second-order valence-electron chi connectivity index (χ2n) is 7.18. The summed E-state index contributed by atoms with van der Waals surface area (Å²) in [5.74, 6) is -0.165. The van der Waals surface area contributed by atoms with Crippen molar-refractivity contribution in [3.8, 4) is 0 Å². The van der Waals surface area contributed by atoms with Gasteiger partial charge < -0.3 is 10.2 Å². The number of amides is 2. The van der Waals surface area contributed by atoms with Gasteiger partial charge in [-0.2, -0.15) is 0 Å². The molecule has 1 N–H and O–H groups in total. The topological polar surface area (TPSA) is 62.3 Å². The third-order valence-electron chi connectivity index (χ3n) is 3.69. The molecule has 1 aromatic rings. The number of nitrogens with zero attached hydrogens (tertiary/aromatic N) is 2. The number of aromatic nitrogens is 1. The first kappa shape index (κ1) is 15.5. The van der Waals surface area contributed by atoms with Gasteiger partial charge in [-0.05, 0) is 30.9 Å². The molecular weight excluding hydrogens is 266 g/mol. The molecule has 2 rings (SSSR count). The van der Waals surface area contributed by atoms with Crippen molar-refractivity contribution in [2.75, 3.05) is 0 Å². The van der Waals surface area contributed by atoms with E-state index >= 15 is 0 Å². The van der Waals surface area contributed by atoms with E-state index in [1.807, 2.05) is 32.9 Å². The molecule has 2 amide bonds. The Kier molecular flexibility index (Phi) is 3.78. The molecule has 5 heteroatoms. The Morgan fingerprint density at radius 2 is 2.00 bits per heavy atom. The summed E-state index contributed by atoms with van der Waals surface area (Å²) in [7, 11) is 0. The first-order valence-electron chi connectivity index (χ1n) is 7.15. The molecule has 0 bridgehead atoms. The van der Waals surface area contributed by atoms with Gasteiger partial charge in [-0.3, -0.25) is 14.6 Å². The van der Waals surface area contributed by atoms with Crippen LogP contribution in [0.5, 0.6) is 0 Å². The zero-order chi connectivity index (χ0) is 15.8. The van der Waals surface area contributed by atoms with E-state index in [2.05, 4.69) is 10.3 Å². The molecule has 0 aliphatic carbocycles.